The van der Waals surface area contributed by atoms with Crippen molar-refractivity contribution < 1.29 is 9.90 Å². The zero-order valence-electron chi connectivity index (χ0n) is 11.8. The van der Waals surface area contributed by atoms with Gasteiger partial charge in [-0.2, -0.15) is 0 Å². The van der Waals surface area contributed by atoms with Crippen LogP contribution in [0, 0.1) is 0 Å². The van der Waals surface area contributed by atoms with Crippen LogP contribution in [0.2, 0.25) is 0 Å². The maximum atomic E-state index is 11.8. The SMILES string of the molecule is O=C(Cc1cccc(O)c1)NCCCN1CCNCC1. The van der Waals surface area contributed by atoms with Crippen molar-refractivity contribution in [1.82, 2.24) is 15.5 Å². The quantitative estimate of drug-likeness (QED) is 0.656. The van der Waals surface area contributed by atoms with Gasteiger partial charge in [0, 0.05) is 32.7 Å². The van der Waals surface area contributed by atoms with Gasteiger partial charge in [-0.15, -0.1) is 0 Å². The molecule has 1 aliphatic heterocycles. The fourth-order valence-corrected chi connectivity index (χ4v) is 2.38. The number of hydrogen-bond acceptors (Lipinski definition) is 4. The van der Waals surface area contributed by atoms with Gasteiger partial charge >= 0.3 is 0 Å². The van der Waals surface area contributed by atoms with Crippen molar-refractivity contribution in [1.29, 1.82) is 0 Å². The molecule has 0 radical (unpaired) electrons. The number of phenols is 1. The smallest absolute Gasteiger partial charge is 0.224 e. The van der Waals surface area contributed by atoms with Crippen LogP contribution in [-0.4, -0.2) is 55.2 Å². The van der Waals surface area contributed by atoms with Gasteiger partial charge in [0.1, 0.15) is 5.75 Å². The van der Waals surface area contributed by atoms with E-state index < -0.39 is 0 Å². The van der Waals surface area contributed by atoms with Gasteiger partial charge in [-0.25, -0.2) is 0 Å². The lowest BCUT2D eigenvalue weighted by Crippen LogP contribution is -2.44. The van der Waals surface area contributed by atoms with Crippen molar-refractivity contribution >= 4 is 5.91 Å². The van der Waals surface area contributed by atoms with E-state index in [-0.39, 0.29) is 11.7 Å². The third-order valence-electron chi connectivity index (χ3n) is 3.46. The molecule has 1 aromatic rings. The van der Waals surface area contributed by atoms with Crippen LogP contribution in [0.4, 0.5) is 0 Å². The monoisotopic (exact) mass is 277 g/mol. The number of phenolic OH excluding ortho intramolecular Hbond substituents is 1. The average molecular weight is 277 g/mol. The second-order valence-corrected chi connectivity index (χ2v) is 5.14. The number of rotatable bonds is 6. The molecule has 5 heteroatoms. The van der Waals surface area contributed by atoms with Gasteiger partial charge in [0.05, 0.1) is 6.42 Å². The Bertz CT molecular complexity index is 431. The van der Waals surface area contributed by atoms with Crippen LogP contribution >= 0.6 is 0 Å². The number of hydrogen-bond donors (Lipinski definition) is 3. The number of amides is 1. The largest absolute Gasteiger partial charge is 0.508 e. The van der Waals surface area contributed by atoms with E-state index in [1.807, 2.05) is 6.07 Å². The minimum absolute atomic E-state index is 0.0101. The van der Waals surface area contributed by atoms with Crippen LogP contribution in [0.3, 0.4) is 0 Å². The number of carbonyl (C=O) groups excluding carboxylic acids is 1. The van der Waals surface area contributed by atoms with Crippen LogP contribution in [0.25, 0.3) is 0 Å². The first-order chi connectivity index (χ1) is 9.74. The molecule has 5 nitrogen and oxygen atoms in total. The molecule has 1 heterocycles. The number of piperazine rings is 1. The molecule has 1 saturated heterocycles. The Morgan fingerprint density at radius 1 is 1.35 bits per heavy atom. The predicted octanol–water partition coefficient (Wildman–Crippen LogP) is 0.346. The molecule has 110 valence electrons. The Morgan fingerprint density at radius 2 is 2.15 bits per heavy atom. The van der Waals surface area contributed by atoms with E-state index in [1.54, 1.807) is 18.2 Å². The highest BCUT2D eigenvalue weighted by Gasteiger charge is 2.09. The van der Waals surface area contributed by atoms with Gasteiger partial charge in [-0.05, 0) is 30.7 Å². The minimum atomic E-state index is 0.0101. The number of aromatic hydroxyl groups is 1. The summed E-state index contributed by atoms with van der Waals surface area (Å²) in [6, 6.07) is 6.83. The number of carbonyl (C=O) groups is 1. The Labute approximate surface area is 120 Å². The molecule has 3 N–H and O–H groups in total. The summed E-state index contributed by atoms with van der Waals surface area (Å²) in [6.45, 7) is 6.05. The van der Waals surface area contributed by atoms with Gasteiger partial charge in [0.25, 0.3) is 0 Å². The average Bonchev–Trinajstić information content (AvgIpc) is 2.45. The Morgan fingerprint density at radius 3 is 2.90 bits per heavy atom. The fraction of sp³-hybridized carbons (Fsp3) is 0.533. The van der Waals surface area contributed by atoms with Crippen LogP contribution in [-0.2, 0) is 11.2 Å². The van der Waals surface area contributed by atoms with Gasteiger partial charge in [0.15, 0.2) is 0 Å². The summed E-state index contributed by atoms with van der Waals surface area (Å²) in [4.78, 5) is 14.2. The van der Waals surface area contributed by atoms with Gasteiger partial charge < -0.3 is 20.6 Å². The maximum absolute atomic E-state index is 11.8. The maximum Gasteiger partial charge on any atom is 0.224 e. The molecule has 0 aromatic heterocycles. The molecule has 1 aromatic carbocycles. The zero-order chi connectivity index (χ0) is 14.2. The van der Waals surface area contributed by atoms with Gasteiger partial charge in [-0.3, -0.25) is 4.79 Å². The van der Waals surface area contributed by atoms with E-state index in [0.717, 1.165) is 44.7 Å². The molecule has 20 heavy (non-hydrogen) atoms. The molecular weight excluding hydrogens is 254 g/mol. The van der Waals surface area contributed by atoms with E-state index >= 15 is 0 Å². The standard InChI is InChI=1S/C15H23N3O2/c19-14-4-1-3-13(11-14)12-15(20)17-5-2-8-18-9-6-16-7-10-18/h1,3-4,11,16,19H,2,5-10,12H2,(H,17,20). The van der Waals surface area contributed by atoms with E-state index in [4.69, 9.17) is 0 Å². The van der Waals surface area contributed by atoms with Crippen LogP contribution < -0.4 is 10.6 Å². The summed E-state index contributed by atoms with van der Waals surface area (Å²) in [5.74, 6) is 0.213. The summed E-state index contributed by atoms with van der Waals surface area (Å²) in [6.07, 6.45) is 1.30. The molecule has 0 unspecified atom stereocenters. The Balaban J connectivity index is 1.60. The molecular formula is C15H23N3O2. The normalized spacial score (nSPS) is 16.0. The lowest BCUT2D eigenvalue weighted by Gasteiger charge is -2.27. The van der Waals surface area contributed by atoms with E-state index in [2.05, 4.69) is 15.5 Å². The molecule has 0 bridgehead atoms. The molecule has 1 amide bonds. The van der Waals surface area contributed by atoms with Crippen molar-refractivity contribution in [2.75, 3.05) is 39.3 Å². The molecule has 0 aliphatic carbocycles. The molecule has 1 aliphatic rings. The fourth-order valence-electron chi connectivity index (χ4n) is 2.38. The highest BCUT2D eigenvalue weighted by molar-refractivity contribution is 5.78. The number of nitrogens with zero attached hydrogens (tertiary/aromatic N) is 1. The van der Waals surface area contributed by atoms with Crippen molar-refractivity contribution in [2.24, 2.45) is 0 Å². The third kappa shape index (κ3) is 5.19. The molecule has 2 rings (SSSR count). The number of benzene rings is 1. The topological polar surface area (TPSA) is 64.6 Å². The second-order valence-electron chi connectivity index (χ2n) is 5.14. The molecule has 0 spiro atoms. The molecule has 0 atom stereocenters. The Hall–Kier alpha value is -1.59. The zero-order valence-corrected chi connectivity index (χ0v) is 11.8. The van der Waals surface area contributed by atoms with Gasteiger partial charge in [-0.1, -0.05) is 12.1 Å². The van der Waals surface area contributed by atoms with Crippen molar-refractivity contribution in [2.45, 2.75) is 12.8 Å². The second kappa shape index (κ2) is 7.87. The van der Waals surface area contributed by atoms with Crippen LogP contribution in [0.1, 0.15) is 12.0 Å². The first-order valence-electron chi connectivity index (χ1n) is 7.22. The van der Waals surface area contributed by atoms with Crippen molar-refractivity contribution in [3.8, 4) is 5.75 Å². The predicted molar refractivity (Wildman–Crippen MR) is 78.7 cm³/mol. The summed E-state index contributed by atoms with van der Waals surface area (Å²) >= 11 is 0. The lowest BCUT2D eigenvalue weighted by atomic mass is 10.1. The van der Waals surface area contributed by atoms with Crippen molar-refractivity contribution in [3.63, 3.8) is 0 Å². The van der Waals surface area contributed by atoms with E-state index in [9.17, 15) is 9.90 Å². The Kier molecular flexibility index (Phi) is 5.83. The first kappa shape index (κ1) is 14.8. The van der Waals surface area contributed by atoms with Crippen LogP contribution in [0.5, 0.6) is 5.75 Å². The van der Waals surface area contributed by atoms with Gasteiger partial charge in [0.2, 0.25) is 5.91 Å². The van der Waals surface area contributed by atoms with Crippen LogP contribution in [0.15, 0.2) is 24.3 Å². The highest BCUT2D eigenvalue weighted by Crippen LogP contribution is 2.11. The molecule has 1 fully saturated rings. The molecule has 0 saturated carbocycles. The summed E-state index contributed by atoms with van der Waals surface area (Å²) in [7, 11) is 0. The first-order valence-corrected chi connectivity index (χ1v) is 7.22. The third-order valence-corrected chi connectivity index (χ3v) is 3.46. The minimum Gasteiger partial charge on any atom is -0.508 e. The highest BCUT2D eigenvalue weighted by atomic mass is 16.3. The summed E-state index contributed by atoms with van der Waals surface area (Å²) in [5.41, 5.74) is 0.838. The summed E-state index contributed by atoms with van der Waals surface area (Å²) in [5, 5.41) is 15.6. The lowest BCUT2D eigenvalue weighted by molar-refractivity contribution is -0.120. The number of nitrogens with one attached hydrogen (secondary N) is 2. The van der Waals surface area contributed by atoms with E-state index in [1.165, 1.54) is 0 Å². The van der Waals surface area contributed by atoms with E-state index in [0.29, 0.717) is 13.0 Å². The van der Waals surface area contributed by atoms with Crippen molar-refractivity contribution in [3.05, 3.63) is 29.8 Å². The summed E-state index contributed by atoms with van der Waals surface area (Å²) < 4.78 is 0.